The van der Waals surface area contributed by atoms with E-state index in [4.69, 9.17) is 9.47 Å². The summed E-state index contributed by atoms with van der Waals surface area (Å²) in [6.07, 6.45) is 4.40. The molecular weight excluding hydrogens is 462 g/mol. The zero-order valence-electron chi connectivity index (χ0n) is 21.8. The molecule has 1 aliphatic heterocycles. The molecule has 6 nitrogen and oxygen atoms in total. The molecule has 6 heteroatoms. The second-order valence-corrected chi connectivity index (χ2v) is 10.1. The summed E-state index contributed by atoms with van der Waals surface area (Å²) in [6.45, 7) is 2.81. The standard InChI is InChI=1S/C31H37N3O3/c1-36-29-13-10-24(17-30(29)37-2)16-28-27-12-11-26(32-19-23-8-9-23)18-25(27)14-15-34(28)21-31(35)33-20-22-6-4-3-5-7-22/h3-7,10-13,17-18,23,28,32H,8-9,14-16,19-21H2,1-2H3,(H,33,35). The number of nitrogens with one attached hydrogen (secondary N) is 2. The summed E-state index contributed by atoms with van der Waals surface area (Å²) < 4.78 is 11.0. The molecule has 1 fully saturated rings. The Balaban J connectivity index is 1.34. The molecule has 1 aliphatic carbocycles. The third kappa shape index (κ3) is 6.44. The van der Waals surface area contributed by atoms with E-state index in [1.807, 2.05) is 42.5 Å². The molecule has 1 heterocycles. The molecule has 1 atom stereocenters. The summed E-state index contributed by atoms with van der Waals surface area (Å²) >= 11 is 0. The van der Waals surface area contributed by atoms with Crippen LogP contribution < -0.4 is 20.1 Å². The second-order valence-electron chi connectivity index (χ2n) is 10.1. The lowest BCUT2D eigenvalue weighted by Crippen LogP contribution is -2.43. The van der Waals surface area contributed by atoms with Crippen molar-refractivity contribution in [2.24, 2.45) is 5.92 Å². The Morgan fingerprint density at radius 3 is 2.51 bits per heavy atom. The lowest BCUT2D eigenvalue weighted by Gasteiger charge is -2.37. The van der Waals surface area contributed by atoms with Gasteiger partial charge in [0.05, 0.1) is 20.8 Å². The van der Waals surface area contributed by atoms with Gasteiger partial charge >= 0.3 is 0 Å². The Kier molecular flexibility index (Phi) is 7.95. The molecule has 2 aliphatic rings. The van der Waals surface area contributed by atoms with Gasteiger partial charge in [0.15, 0.2) is 11.5 Å². The zero-order valence-corrected chi connectivity index (χ0v) is 21.8. The van der Waals surface area contributed by atoms with Gasteiger partial charge in [-0.25, -0.2) is 0 Å². The molecule has 37 heavy (non-hydrogen) atoms. The fraction of sp³-hybridized carbons (Fsp3) is 0.387. The summed E-state index contributed by atoms with van der Waals surface area (Å²) in [6, 6.07) is 23.0. The van der Waals surface area contributed by atoms with Crippen molar-refractivity contribution in [3.8, 4) is 11.5 Å². The zero-order chi connectivity index (χ0) is 25.6. The smallest absolute Gasteiger partial charge is 0.234 e. The summed E-state index contributed by atoms with van der Waals surface area (Å²) in [5, 5.41) is 6.72. The predicted molar refractivity (Wildman–Crippen MR) is 147 cm³/mol. The summed E-state index contributed by atoms with van der Waals surface area (Å²) in [4.78, 5) is 15.3. The first-order chi connectivity index (χ1) is 18.1. The number of carbonyl (C=O) groups excluding carboxylic acids is 1. The van der Waals surface area contributed by atoms with Gasteiger partial charge in [0.25, 0.3) is 0 Å². The maximum atomic E-state index is 13.0. The highest BCUT2D eigenvalue weighted by Crippen LogP contribution is 2.36. The fourth-order valence-corrected chi connectivity index (χ4v) is 5.15. The van der Waals surface area contributed by atoms with Gasteiger partial charge in [-0.2, -0.15) is 0 Å². The fourth-order valence-electron chi connectivity index (χ4n) is 5.15. The van der Waals surface area contributed by atoms with Crippen LogP contribution in [0.25, 0.3) is 0 Å². The molecule has 3 aromatic rings. The highest BCUT2D eigenvalue weighted by molar-refractivity contribution is 5.78. The van der Waals surface area contributed by atoms with E-state index in [0.29, 0.717) is 13.1 Å². The average Bonchev–Trinajstić information content (AvgIpc) is 3.77. The van der Waals surface area contributed by atoms with Crippen LogP contribution in [0.4, 0.5) is 5.69 Å². The Labute approximate surface area is 220 Å². The van der Waals surface area contributed by atoms with Gasteiger partial charge in [0.1, 0.15) is 0 Å². The largest absolute Gasteiger partial charge is 0.493 e. The monoisotopic (exact) mass is 499 g/mol. The van der Waals surface area contributed by atoms with Crippen LogP contribution in [0.1, 0.15) is 41.1 Å². The molecular formula is C31H37N3O3. The maximum absolute atomic E-state index is 13.0. The van der Waals surface area contributed by atoms with E-state index in [1.54, 1.807) is 14.2 Å². The van der Waals surface area contributed by atoms with E-state index < -0.39 is 0 Å². The molecule has 0 saturated heterocycles. The summed E-state index contributed by atoms with van der Waals surface area (Å²) in [5.74, 6) is 2.33. The van der Waals surface area contributed by atoms with Gasteiger partial charge in [-0.05, 0) is 78.1 Å². The van der Waals surface area contributed by atoms with Gasteiger partial charge < -0.3 is 20.1 Å². The van der Waals surface area contributed by atoms with Crippen LogP contribution in [0.3, 0.4) is 0 Å². The molecule has 2 N–H and O–H groups in total. The van der Waals surface area contributed by atoms with Gasteiger partial charge in [0, 0.05) is 31.4 Å². The van der Waals surface area contributed by atoms with E-state index in [2.05, 4.69) is 39.8 Å². The number of hydrogen-bond acceptors (Lipinski definition) is 5. The number of nitrogens with zero attached hydrogens (tertiary/aromatic N) is 1. The molecule has 5 rings (SSSR count). The van der Waals surface area contributed by atoms with Crippen molar-refractivity contribution in [1.29, 1.82) is 0 Å². The van der Waals surface area contributed by atoms with E-state index in [-0.39, 0.29) is 11.9 Å². The third-order valence-corrected chi connectivity index (χ3v) is 7.46. The third-order valence-electron chi connectivity index (χ3n) is 7.46. The first-order valence-electron chi connectivity index (χ1n) is 13.2. The minimum Gasteiger partial charge on any atom is -0.493 e. The van der Waals surface area contributed by atoms with Crippen LogP contribution in [0.2, 0.25) is 0 Å². The minimum atomic E-state index is 0.0485. The first kappa shape index (κ1) is 25.2. The van der Waals surface area contributed by atoms with Gasteiger partial charge in [-0.1, -0.05) is 42.5 Å². The van der Waals surface area contributed by atoms with E-state index in [0.717, 1.165) is 54.5 Å². The van der Waals surface area contributed by atoms with Crippen molar-refractivity contribution in [1.82, 2.24) is 10.2 Å². The van der Waals surface area contributed by atoms with E-state index >= 15 is 0 Å². The van der Waals surface area contributed by atoms with Crippen molar-refractivity contribution < 1.29 is 14.3 Å². The number of anilines is 1. The SMILES string of the molecule is COc1ccc(CC2c3ccc(NCC4CC4)cc3CCN2CC(=O)NCc2ccccc2)cc1OC. The number of amides is 1. The number of benzene rings is 3. The Morgan fingerprint density at radius 2 is 1.76 bits per heavy atom. The van der Waals surface area contributed by atoms with Crippen LogP contribution in [-0.4, -0.2) is 44.7 Å². The van der Waals surface area contributed by atoms with Gasteiger partial charge in [0.2, 0.25) is 5.91 Å². The molecule has 0 bridgehead atoms. The molecule has 1 amide bonds. The van der Waals surface area contributed by atoms with Crippen LogP contribution >= 0.6 is 0 Å². The van der Waals surface area contributed by atoms with Crippen LogP contribution in [-0.2, 0) is 24.2 Å². The Hall–Kier alpha value is -3.51. The average molecular weight is 500 g/mol. The number of rotatable bonds is 11. The molecule has 0 aromatic heterocycles. The molecule has 194 valence electrons. The number of fused-ring (bicyclic) bond motifs is 1. The van der Waals surface area contributed by atoms with Gasteiger partial charge in [-0.15, -0.1) is 0 Å². The topological polar surface area (TPSA) is 62.8 Å². The second kappa shape index (κ2) is 11.7. The van der Waals surface area contributed by atoms with Gasteiger partial charge in [-0.3, -0.25) is 9.69 Å². The minimum absolute atomic E-state index is 0.0485. The molecule has 1 saturated carbocycles. The number of methoxy groups -OCH3 is 2. The normalized spacial score (nSPS) is 17.1. The number of ether oxygens (including phenoxy) is 2. The lowest BCUT2D eigenvalue weighted by molar-refractivity contribution is -0.123. The van der Waals surface area contributed by atoms with Crippen molar-refractivity contribution in [3.63, 3.8) is 0 Å². The Bertz CT molecular complexity index is 1210. The number of carbonyl (C=O) groups is 1. The van der Waals surface area contributed by atoms with Crippen LogP contribution in [0.5, 0.6) is 11.5 Å². The molecule has 1 unspecified atom stereocenters. The number of hydrogen-bond donors (Lipinski definition) is 2. The molecule has 0 radical (unpaired) electrons. The highest BCUT2D eigenvalue weighted by atomic mass is 16.5. The lowest BCUT2D eigenvalue weighted by atomic mass is 9.88. The van der Waals surface area contributed by atoms with Crippen molar-refractivity contribution in [3.05, 3.63) is 89.0 Å². The molecule has 3 aromatic carbocycles. The van der Waals surface area contributed by atoms with Crippen molar-refractivity contribution in [2.45, 2.75) is 38.3 Å². The van der Waals surface area contributed by atoms with Crippen molar-refractivity contribution >= 4 is 11.6 Å². The van der Waals surface area contributed by atoms with Crippen molar-refractivity contribution in [2.75, 3.05) is 39.2 Å². The molecule has 0 spiro atoms. The first-order valence-corrected chi connectivity index (χ1v) is 13.2. The summed E-state index contributed by atoms with van der Waals surface area (Å²) in [5.41, 5.74) is 6.12. The summed E-state index contributed by atoms with van der Waals surface area (Å²) in [7, 11) is 3.32. The van der Waals surface area contributed by atoms with Crippen LogP contribution in [0.15, 0.2) is 66.7 Å². The maximum Gasteiger partial charge on any atom is 0.234 e. The van der Waals surface area contributed by atoms with Crippen LogP contribution in [0, 0.1) is 5.92 Å². The van der Waals surface area contributed by atoms with E-state index in [9.17, 15) is 4.79 Å². The Morgan fingerprint density at radius 1 is 0.946 bits per heavy atom. The quantitative estimate of drug-likeness (QED) is 0.390. The highest BCUT2D eigenvalue weighted by Gasteiger charge is 2.29. The predicted octanol–water partition coefficient (Wildman–Crippen LogP) is 4.98. The van der Waals surface area contributed by atoms with E-state index in [1.165, 1.54) is 29.7 Å².